The van der Waals surface area contributed by atoms with Crippen LogP contribution in [0.5, 0.6) is 5.88 Å². The number of aromatic nitrogens is 4. The number of carbonyl (C=O) groups is 1. The predicted molar refractivity (Wildman–Crippen MR) is 71.7 cm³/mol. The molecule has 2 aromatic heterocycles. The summed E-state index contributed by atoms with van der Waals surface area (Å²) in [5.41, 5.74) is 0.483. The molecule has 2 aromatic rings. The molecule has 8 heteroatoms. The minimum absolute atomic E-state index is 0.0780. The van der Waals surface area contributed by atoms with E-state index in [1.807, 2.05) is 13.8 Å². The topological polar surface area (TPSA) is 89.9 Å². The first kappa shape index (κ1) is 13.6. The van der Waals surface area contributed by atoms with Crippen molar-refractivity contribution in [3.8, 4) is 5.88 Å². The zero-order valence-corrected chi connectivity index (χ0v) is 11.7. The van der Waals surface area contributed by atoms with Crippen molar-refractivity contribution in [2.75, 3.05) is 5.75 Å². The maximum Gasteiger partial charge on any atom is 0.293 e. The summed E-state index contributed by atoms with van der Waals surface area (Å²) >= 11 is 1.16. The first-order valence-electron chi connectivity index (χ1n) is 5.72. The summed E-state index contributed by atoms with van der Waals surface area (Å²) in [5.74, 6) is 0.559. The van der Waals surface area contributed by atoms with Crippen LogP contribution >= 0.6 is 11.8 Å². The Hall–Kier alpha value is -1.83. The molecule has 0 atom stereocenters. The Morgan fingerprint density at radius 2 is 2.21 bits per heavy atom. The van der Waals surface area contributed by atoms with Crippen molar-refractivity contribution in [3.05, 3.63) is 10.4 Å². The molecule has 2 heterocycles. The Labute approximate surface area is 113 Å². The number of rotatable bonds is 5. The molecule has 0 aromatic carbocycles. The van der Waals surface area contributed by atoms with Gasteiger partial charge in [0.15, 0.2) is 10.7 Å². The Bertz CT molecular complexity index is 662. The normalized spacial score (nSPS) is 11.2. The molecule has 19 heavy (non-hydrogen) atoms. The summed E-state index contributed by atoms with van der Waals surface area (Å²) in [7, 11) is 1.60. The van der Waals surface area contributed by atoms with Gasteiger partial charge in [-0.2, -0.15) is 4.98 Å². The number of carbonyl (C=O) groups excluding carboxylic acids is 1. The van der Waals surface area contributed by atoms with Gasteiger partial charge in [-0.25, -0.2) is 4.98 Å². The SMILES string of the molecule is CC(C)Oc1nc(SCC=O)nc2c(=O)n(C)[nH]c12. The van der Waals surface area contributed by atoms with Gasteiger partial charge in [-0.05, 0) is 13.8 Å². The van der Waals surface area contributed by atoms with E-state index in [0.717, 1.165) is 18.0 Å². The molecule has 102 valence electrons. The molecule has 0 amide bonds. The van der Waals surface area contributed by atoms with E-state index in [9.17, 15) is 9.59 Å². The summed E-state index contributed by atoms with van der Waals surface area (Å²) in [4.78, 5) is 30.7. The standard InChI is InChI=1S/C11H14N4O3S/c1-6(2)18-9-7-8(10(17)15(3)14-7)12-11(13-9)19-5-4-16/h4,6,14H,5H2,1-3H3. The van der Waals surface area contributed by atoms with Gasteiger partial charge < -0.3 is 9.53 Å². The molecular weight excluding hydrogens is 268 g/mol. The van der Waals surface area contributed by atoms with Crippen molar-refractivity contribution >= 4 is 29.1 Å². The molecule has 0 aliphatic carbocycles. The van der Waals surface area contributed by atoms with Crippen molar-refractivity contribution in [2.45, 2.75) is 25.1 Å². The third-order valence-electron chi connectivity index (χ3n) is 2.27. The number of H-pyrrole nitrogens is 1. The number of nitrogens with zero attached hydrogens (tertiary/aromatic N) is 3. The molecule has 2 rings (SSSR count). The number of hydrogen-bond donors (Lipinski definition) is 1. The first-order valence-corrected chi connectivity index (χ1v) is 6.71. The van der Waals surface area contributed by atoms with Crippen LogP contribution in [0.4, 0.5) is 0 Å². The van der Waals surface area contributed by atoms with E-state index in [0.29, 0.717) is 16.6 Å². The zero-order valence-electron chi connectivity index (χ0n) is 10.8. The summed E-state index contributed by atoms with van der Waals surface area (Å²) < 4.78 is 6.90. The summed E-state index contributed by atoms with van der Waals surface area (Å²) in [6.45, 7) is 3.74. The van der Waals surface area contributed by atoms with E-state index in [-0.39, 0.29) is 22.9 Å². The molecule has 0 aliphatic rings. The lowest BCUT2D eigenvalue weighted by Gasteiger charge is -2.09. The van der Waals surface area contributed by atoms with Gasteiger partial charge in [0.05, 0.1) is 11.9 Å². The molecule has 0 spiro atoms. The van der Waals surface area contributed by atoms with Crippen LogP contribution in [0.3, 0.4) is 0 Å². The zero-order chi connectivity index (χ0) is 14.0. The number of aldehydes is 1. The highest BCUT2D eigenvalue weighted by molar-refractivity contribution is 7.99. The van der Waals surface area contributed by atoms with Crippen LogP contribution in [-0.4, -0.2) is 37.9 Å². The Morgan fingerprint density at radius 3 is 2.84 bits per heavy atom. The molecule has 0 unspecified atom stereocenters. The number of hydrogen-bond acceptors (Lipinski definition) is 6. The molecule has 1 N–H and O–H groups in total. The summed E-state index contributed by atoms with van der Waals surface area (Å²) in [5, 5.41) is 3.21. The smallest absolute Gasteiger partial charge is 0.293 e. The van der Waals surface area contributed by atoms with Crippen LogP contribution in [0.25, 0.3) is 11.0 Å². The van der Waals surface area contributed by atoms with E-state index >= 15 is 0 Å². The Kier molecular flexibility index (Phi) is 3.89. The maximum atomic E-state index is 11.9. The van der Waals surface area contributed by atoms with Crippen molar-refractivity contribution in [1.29, 1.82) is 0 Å². The third kappa shape index (κ3) is 2.78. The first-order chi connectivity index (χ1) is 9.02. The van der Waals surface area contributed by atoms with E-state index in [1.165, 1.54) is 4.68 Å². The lowest BCUT2D eigenvalue weighted by Crippen LogP contribution is -2.12. The predicted octanol–water partition coefficient (Wildman–Crippen LogP) is 0.735. The van der Waals surface area contributed by atoms with Crippen molar-refractivity contribution in [1.82, 2.24) is 19.7 Å². The summed E-state index contributed by atoms with van der Waals surface area (Å²) in [6, 6.07) is 0. The van der Waals surface area contributed by atoms with Gasteiger partial charge in [-0.15, -0.1) is 0 Å². The van der Waals surface area contributed by atoms with Crippen molar-refractivity contribution in [3.63, 3.8) is 0 Å². The fourth-order valence-corrected chi connectivity index (χ4v) is 2.06. The highest BCUT2D eigenvalue weighted by Gasteiger charge is 2.16. The molecule has 0 saturated carbocycles. The minimum Gasteiger partial charge on any atom is -0.473 e. The van der Waals surface area contributed by atoms with E-state index in [2.05, 4.69) is 15.1 Å². The molecule has 0 fully saturated rings. The molecule has 0 saturated heterocycles. The number of fused-ring (bicyclic) bond motifs is 1. The van der Waals surface area contributed by atoms with Crippen LogP contribution in [0, 0.1) is 0 Å². The number of ether oxygens (including phenoxy) is 1. The van der Waals surface area contributed by atoms with Gasteiger partial charge >= 0.3 is 0 Å². The van der Waals surface area contributed by atoms with Gasteiger partial charge in [0.2, 0.25) is 5.88 Å². The fraction of sp³-hybridized carbons (Fsp3) is 0.455. The average Bonchev–Trinajstić information content (AvgIpc) is 2.63. The second-order valence-electron chi connectivity index (χ2n) is 4.16. The Balaban J connectivity index is 2.58. The highest BCUT2D eigenvalue weighted by Crippen LogP contribution is 2.23. The number of aryl methyl sites for hydroxylation is 1. The van der Waals surface area contributed by atoms with Gasteiger partial charge in [0, 0.05) is 7.05 Å². The lowest BCUT2D eigenvalue weighted by atomic mass is 10.4. The second kappa shape index (κ2) is 5.43. The average molecular weight is 282 g/mol. The minimum atomic E-state index is -0.251. The van der Waals surface area contributed by atoms with E-state index in [4.69, 9.17) is 4.74 Å². The highest BCUT2D eigenvalue weighted by atomic mass is 32.2. The quantitative estimate of drug-likeness (QED) is 0.494. The maximum absolute atomic E-state index is 11.9. The van der Waals surface area contributed by atoms with Crippen molar-refractivity contribution < 1.29 is 9.53 Å². The second-order valence-corrected chi connectivity index (χ2v) is 5.14. The fourth-order valence-electron chi connectivity index (χ4n) is 1.54. The lowest BCUT2D eigenvalue weighted by molar-refractivity contribution is -0.105. The van der Waals surface area contributed by atoms with Crippen LogP contribution in [0.1, 0.15) is 13.8 Å². The monoisotopic (exact) mass is 282 g/mol. The summed E-state index contributed by atoms with van der Waals surface area (Å²) in [6.07, 6.45) is 0.682. The van der Waals surface area contributed by atoms with E-state index < -0.39 is 0 Å². The van der Waals surface area contributed by atoms with Gasteiger partial charge in [-0.1, -0.05) is 11.8 Å². The van der Waals surface area contributed by atoms with Crippen LogP contribution < -0.4 is 10.3 Å². The van der Waals surface area contributed by atoms with E-state index in [1.54, 1.807) is 7.05 Å². The number of aromatic amines is 1. The molecular formula is C11H14N4O3S. The third-order valence-corrected chi connectivity index (χ3v) is 3.01. The number of nitrogens with one attached hydrogen (secondary N) is 1. The van der Waals surface area contributed by atoms with Gasteiger partial charge in [0.1, 0.15) is 11.8 Å². The van der Waals surface area contributed by atoms with Gasteiger partial charge in [-0.3, -0.25) is 14.6 Å². The molecule has 0 aliphatic heterocycles. The molecule has 0 bridgehead atoms. The molecule has 0 radical (unpaired) electrons. The molecule has 7 nitrogen and oxygen atoms in total. The number of thioether (sulfide) groups is 1. The Morgan fingerprint density at radius 1 is 1.47 bits per heavy atom. The van der Waals surface area contributed by atoms with Gasteiger partial charge in [0.25, 0.3) is 5.56 Å². The van der Waals surface area contributed by atoms with Crippen LogP contribution in [-0.2, 0) is 11.8 Å². The van der Waals surface area contributed by atoms with Crippen LogP contribution in [0.15, 0.2) is 9.95 Å². The van der Waals surface area contributed by atoms with Crippen LogP contribution in [0.2, 0.25) is 0 Å². The largest absolute Gasteiger partial charge is 0.473 e. The van der Waals surface area contributed by atoms with Crippen molar-refractivity contribution in [2.24, 2.45) is 7.05 Å².